The van der Waals surface area contributed by atoms with Crippen LogP contribution in [0.1, 0.15) is 11.1 Å². The van der Waals surface area contributed by atoms with Gasteiger partial charge in [-0.25, -0.2) is 9.18 Å². The topological polar surface area (TPSA) is 42.7 Å². The van der Waals surface area contributed by atoms with Gasteiger partial charge in [0.25, 0.3) is 0 Å². The summed E-state index contributed by atoms with van der Waals surface area (Å²) >= 11 is 5.87. The largest absolute Gasteiger partial charge is 0.473 e. The summed E-state index contributed by atoms with van der Waals surface area (Å²) in [5, 5.41) is 0.925. The van der Waals surface area contributed by atoms with Gasteiger partial charge >= 0.3 is 5.63 Å². The molecule has 1 aliphatic rings. The van der Waals surface area contributed by atoms with Gasteiger partial charge in [-0.15, -0.1) is 0 Å². The van der Waals surface area contributed by atoms with E-state index in [-0.39, 0.29) is 5.02 Å². The molecule has 6 heteroatoms. The van der Waals surface area contributed by atoms with Crippen molar-refractivity contribution in [1.82, 2.24) is 0 Å². The van der Waals surface area contributed by atoms with E-state index < -0.39 is 11.4 Å². The molecule has 0 saturated heterocycles. The molecule has 0 aliphatic carbocycles. The highest BCUT2D eigenvalue weighted by molar-refractivity contribution is 6.31. The Balaban J connectivity index is 1.82. The van der Waals surface area contributed by atoms with Crippen molar-refractivity contribution in [2.24, 2.45) is 0 Å². The molecule has 0 fully saturated rings. The summed E-state index contributed by atoms with van der Waals surface area (Å²) in [6.07, 6.45) is 0. The number of halogens is 2. The zero-order chi connectivity index (χ0) is 16.8. The second kappa shape index (κ2) is 5.53. The molecular weight excluding hydrogens is 333 g/mol. The Morgan fingerprint density at radius 2 is 2.04 bits per heavy atom. The minimum Gasteiger partial charge on any atom is -0.473 e. The molecule has 2 heterocycles. The molecule has 1 aliphatic heterocycles. The van der Waals surface area contributed by atoms with Gasteiger partial charge in [-0.05, 0) is 42.8 Å². The molecule has 0 saturated carbocycles. The van der Waals surface area contributed by atoms with E-state index in [1.807, 2.05) is 24.0 Å². The Morgan fingerprint density at radius 3 is 2.83 bits per heavy atom. The van der Waals surface area contributed by atoms with Crippen LogP contribution >= 0.6 is 11.6 Å². The highest BCUT2D eigenvalue weighted by Gasteiger charge is 2.22. The molecule has 0 radical (unpaired) electrons. The minimum atomic E-state index is -0.467. The zero-order valence-corrected chi connectivity index (χ0v) is 13.6. The van der Waals surface area contributed by atoms with Crippen LogP contribution in [0.2, 0.25) is 5.02 Å². The van der Waals surface area contributed by atoms with Crippen molar-refractivity contribution in [3.8, 4) is 5.75 Å². The molecule has 0 unspecified atom stereocenters. The fourth-order valence-electron chi connectivity index (χ4n) is 2.94. The number of rotatable bonds is 1. The number of benzene rings is 2. The summed E-state index contributed by atoms with van der Waals surface area (Å²) in [5.74, 6) is 0.214. The van der Waals surface area contributed by atoms with Crippen molar-refractivity contribution in [3.63, 3.8) is 0 Å². The molecule has 122 valence electrons. The van der Waals surface area contributed by atoms with Crippen molar-refractivity contribution in [3.05, 3.63) is 68.8 Å². The summed E-state index contributed by atoms with van der Waals surface area (Å²) in [5.41, 5.74) is 2.51. The molecule has 4 rings (SSSR count). The molecule has 0 N–H and O–H groups in total. The van der Waals surface area contributed by atoms with Crippen molar-refractivity contribution in [1.29, 1.82) is 0 Å². The summed E-state index contributed by atoms with van der Waals surface area (Å²) in [6, 6.07) is 9.74. The average molecular weight is 346 g/mol. The van der Waals surface area contributed by atoms with Crippen molar-refractivity contribution >= 4 is 28.3 Å². The Labute approximate surface area is 142 Å². The Kier molecular flexibility index (Phi) is 3.46. The van der Waals surface area contributed by atoms with Crippen molar-refractivity contribution in [2.45, 2.75) is 13.5 Å². The predicted octanol–water partition coefficient (Wildman–Crippen LogP) is 4.25. The van der Waals surface area contributed by atoms with Crippen LogP contribution in [0.25, 0.3) is 11.0 Å². The maximum absolute atomic E-state index is 13.4. The second-order valence-electron chi connectivity index (χ2n) is 5.74. The SMILES string of the molecule is Cc1cc(=O)oc2c3c(ccc12)OCN(c1ccc(F)c(Cl)c1)C3. The Hall–Kier alpha value is -2.53. The molecule has 0 bridgehead atoms. The molecule has 0 spiro atoms. The van der Waals surface area contributed by atoms with E-state index in [1.165, 1.54) is 12.1 Å². The molecule has 3 aromatic rings. The van der Waals surface area contributed by atoms with Crippen LogP contribution in [-0.2, 0) is 6.54 Å². The van der Waals surface area contributed by atoms with Gasteiger partial charge in [-0.2, -0.15) is 0 Å². The Bertz CT molecular complexity index is 1020. The van der Waals surface area contributed by atoms with Crippen LogP contribution in [0.5, 0.6) is 5.75 Å². The van der Waals surface area contributed by atoms with Gasteiger partial charge in [0, 0.05) is 17.1 Å². The summed E-state index contributed by atoms with van der Waals surface area (Å²) in [4.78, 5) is 13.6. The van der Waals surface area contributed by atoms with Gasteiger partial charge in [0.2, 0.25) is 0 Å². The Morgan fingerprint density at radius 1 is 1.21 bits per heavy atom. The number of fused-ring (bicyclic) bond motifs is 3. The third-order valence-corrected chi connectivity index (χ3v) is 4.46. The van der Waals surface area contributed by atoms with Gasteiger partial charge < -0.3 is 14.1 Å². The molecule has 24 heavy (non-hydrogen) atoms. The summed E-state index contributed by atoms with van der Waals surface area (Å²) in [7, 11) is 0. The number of aryl methyl sites for hydroxylation is 1. The van der Waals surface area contributed by atoms with Crippen LogP contribution in [0.4, 0.5) is 10.1 Å². The van der Waals surface area contributed by atoms with Gasteiger partial charge in [0.15, 0.2) is 6.73 Å². The van der Waals surface area contributed by atoms with E-state index in [2.05, 4.69) is 0 Å². The first-order chi connectivity index (χ1) is 11.5. The minimum absolute atomic E-state index is 0.0543. The number of nitrogens with zero attached hydrogens (tertiary/aromatic N) is 1. The first kappa shape index (κ1) is 15.0. The normalized spacial score (nSPS) is 13.7. The quantitative estimate of drug-likeness (QED) is 0.618. The molecule has 4 nitrogen and oxygen atoms in total. The number of ether oxygens (including phenoxy) is 1. The first-order valence-electron chi connectivity index (χ1n) is 7.42. The second-order valence-corrected chi connectivity index (χ2v) is 6.14. The lowest BCUT2D eigenvalue weighted by Crippen LogP contribution is -2.32. The number of hydrogen-bond donors (Lipinski definition) is 0. The van der Waals surface area contributed by atoms with Gasteiger partial charge in [-0.1, -0.05) is 11.6 Å². The van der Waals surface area contributed by atoms with Crippen LogP contribution < -0.4 is 15.3 Å². The lowest BCUT2D eigenvalue weighted by atomic mass is 10.0. The van der Waals surface area contributed by atoms with E-state index in [4.69, 9.17) is 20.8 Å². The van der Waals surface area contributed by atoms with E-state index in [9.17, 15) is 9.18 Å². The van der Waals surface area contributed by atoms with E-state index in [0.29, 0.717) is 24.6 Å². The number of anilines is 1. The lowest BCUT2D eigenvalue weighted by molar-refractivity contribution is 0.289. The fraction of sp³-hybridized carbons (Fsp3) is 0.167. The maximum Gasteiger partial charge on any atom is 0.336 e. The fourth-order valence-corrected chi connectivity index (χ4v) is 3.11. The zero-order valence-electron chi connectivity index (χ0n) is 12.8. The lowest BCUT2D eigenvalue weighted by Gasteiger charge is -2.31. The smallest absolute Gasteiger partial charge is 0.336 e. The number of hydrogen-bond acceptors (Lipinski definition) is 4. The third kappa shape index (κ3) is 2.41. The average Bonchev–Trinajstić information content (AvgIpc) is 2.56. The highest BCUT2D eigenvalue weighted by Crippen LogP contribution is 2.35. The van der Waals surface area contributed by atoms with Crippen LogP contribution in [0.3, 0.4) is 0 Å². The monoisotopic (exact) mass is 345 g/mol. The molecule has 1 aromatic heterocycles. The first-order valence-corrected chi connectivity index (χ1v) is 7.80. The van der Waals surface area contributed by atoms with Gasteiger partial charge in [0.1, 0.15) is 17.1 Å². The molecular formula is C18H13ClFNO3. The summed E-state index contributed by atoms with van der Waals surface area (Å²) in [6.45, 7) is 2.64. The van der Waals surface area contributed by atoms with E-state index in [0.717, 1.165) is 22.2 Å². The van der Waals surface area contributed by atoms with Crippen molar-refractivity contribution < 1.29 is 13.5 Å². The van der Waals surface area contributed by atoms with Crippen LogP contribution in [-0.4, -0.2) is 6.73 Å². The predicted molar refractivity (Wildman–Crippen MR) is 90.3 cm³/mol. The van der Waals surface area contributed by atoms with Crippen molar-refractivity contribution in [2.75, 3.05) is 11.6 Å². The standard InChI is InChI=1S/C18H13ClFNO3/c1-10-6-17(22)24-18-12(10)3-5-16-13(18)8-21(9-23-16)11-2-4-15(20)14(19)7-11/h2-7H,8-9H2,1H3. The molecule has 0 atom stereocenters. The van der Waals surface area contributed by atoms with E-state index in [1.54, 1.807) is 12.1 Å². The molecule has 0 amide bonds. The molecule has 2 aromatic carbocycles. The van der Waals surface area contributed by atoms with Crippen LogP contribution in [0, 0.1) is 12.7 Å². The van der Waals surface area contributed by atoms with Crippen LogP contribution in [0.15, 0.2) is 45.6 Å². The van der Waals surface area contributed by atoms with E-state index >= 15 is 0 Å². The third-order valence-electron chi connectivity index (χ3n) is 4.17. The maximum atomic E-state index is 13.4. The van der Waals surface area contributed by atoms with Gasteiger partial charge in [-0.3, -0.25) is 0 Å². The highest BCUT2D eigenvalue weighted by atomic mass is 35.5. The summed E-state index contributed by atoms with van der Waals surface area (Å²) < 4.78 is 24.6. The van der Waals surface area contributed by atoms with Gasteiger partial charge in [0.05, 0.1) is 17.1 Å².